The Hall–Kier alpha value is -8.06. The highest BCUT2D eigenvalue weighted by Gasteiger charge is 2.21. The Kier molecular flexibility index (Phi) is 13.7. The lowest BCUT2D eigenvalue weighted by molar-refractivity contribution is 0.0970. The molecule has 0 saturated carbocycles. The Labute approximate surface area is 423 Å². The van der Waals surface area contributed by atoms with Crippen molar-refractivity contribution >= 4 is 101 Å². The highest BCUT2D eigenvalue weighted by molar-refractivity contribution is 7.12. The lowest BCUT2D eigenvalue weighted by atomic mass is 9.99. The van der Waals surface area contributed by atoms with Crippen LogP contribution < -0.4 is 0 Å². The molecule has 0 bridgehead atoms. The monoisotopic (exact) mass is 986 g/mol. The number of benzene rings is 6. The zero-order valence-electron chi connectivity index (χ0n) is 39.8. The summed E-state index contributed by atoms with van der Waals surface area (Å²) in [4.78, 5) is 55.7. The quantitative estimate of drug-likeness (QED) is 0.0271. The number of hydrogen-bond donors (Lipinski definition) is 2. The highest BCUT2D eigenvalue weighted by atomic mass is 32.1. The maximum absolute atomic E-state index is 13.7. The van der Waals surface area contributed by atoms with Crippen molar-refractivity contribution in [3.05, 3.63) is 199 Å². The molecule has 0 aliphatic rings. The standard InChI is InChI=1S/C60H50N4O6S2/c1-37(61-69)39-15-23-45(24-16-39)63-51-27-19-41(33-47(51)49-35-43(21-29-53(49)63)59(67)57-13-9-31-71-57)55(65)11-7-5-3-4-6-8-12-56(66)42-20-28-52-48(34-42)50-36-44(60(68)58-14-10-32-72-58)22-30-54(50)64(52)46-25-17-40(18-26-46)38(2)62-70/h9-10,13-36,69-70H,3-8,11-12H2,1-2H3. The maximum atomic E-state index is 13.7. The van der Waals surface area contributed by atoms with Crippen molar-refractivity contribution in [2.75, 3.05) is 0 Å². The molecular weight excluding hydrogens is 937 g/mol. The molecular formula is C60H50N4O6S2. The summed E-state index contributed by atoms with van der Waals surface area (Å²) in [6.45, 7) is 3.48. The first-order chi connectivity index (χ1) is 35.1. The van der Waals surface area contributed by atoms with Crippen LogP contribution in [0.1, 0.15) is 128 Å². The van der Waals surface area contributed by atoms with E-state index in [0.717, 1.165) is 105 Å². The van der Waals surface area contributed by atoms with Crippen LogP contribution in [0.25, 0.3) is 55.0 Å². The van der Waals surface area contributed by atoms with Gasteiger partial charge in [-0.3, -0.25) is 19.2 Å². The average Bonchev–Trinajstić information content (AvgIpc) is 4.27. The predicted octanol–water partition coefficient (Wildman–Crippen LogP) is 15.0. The summed E-state index contributed by atoms with van der Waals surface area (Å²) in [5, 5.41) is 32.6. The number of carbonyl (C=O) groups excluding carboxylic acids is 4. The highest BCUT2D eigenvalue weighted by Crippen LogP contribution is 2.37. The first-order valence-corrected chi connectivity index (χ1v) is 25.9. The van der Waals surface area contributed by atoms with E-state index in [9.17, 15) is 29.6 Å². The van der Waals surface area contributed by atoms with Crippen molar-refractivity contribution in [2.45, 2.75) is 65.2 Å². The van der Waals surface area contributed by atoms with Crippen molar-refractivity contribution in [1.29, 1.82) is 0 Å². The largest absolute Gasteiger partial charge is 0.411 e. The van der Waals surface area contributed by atoms with Gasteiger partial charge < -0.3 is 19.5 Å². The van der Waals surface area contributed by atoms with Crippen LogP contribution in [-0.2, 0) is 0 Å². The fourth-order valence-electron chi connectivity index (χ4n) is 9.72. The minimum Gasteiger partial charge on any atom is -0.411 e. The Morgan fingerprint density at radius 2 is 0.736 bits per heavy atom. The van der Waals surface area contributed by atoms with Gasteiger partial charge in [0.15, 0.2) is 11.6 Å². The summed E-state index contributed by atoms with van der Waals surface area (Å²) in [5.74, 6) is 0.0599. The number of carbonyl (C=O) groups is 4. The molecule has 0 fully saturated rings. The number of nitrogens with zero attached hydrogens (tertiary/aromatic N) is 4. The number of thiophene rings is 2. The molecule has 0 amide bonds. The van der Waals surface area contributed by atoms with Gasteiger partial charge in [-0.15, -0.1) is 22.7 Å². The number of fused-ring (bicyclic) bond motifs is 6. The summed E-state index contributed by atoms with van der Waals surface area (Å²) in [6.07, 6.45) is 6.09. The van der Waals surface area contributed by atoms with Crippen molar-refractivity contribution < 1.29 is 29.6 Å². The number of hydrogen-bond acceptors (Lipinski definition) is 10. The molecule has 12 heteroatoms. The number of ketones is 4. The Balaban J connectivity index is 0.786. The van der Waals surface area contributed by atoms with Gasteiger partial charge >= 0.3 is 0 Å². The fourth-order valence-corrected chi connectivity index (χ4v) is 11.1. The van der Waals surface area contributed by atoms with Crippen LogP contribution in [-0.4, -0.2) is 54.1 Å². The van der Waals surface area contributed by atoms with Crippen LogP contribution in [0.15, 0.2) is 167 Å². The zero-order valence-corrected chi connectivity index (χ0v) is 41.4. The molecule has 0 atom stereocenters. The third kappa shape index (κ3) is 9.34. The molecule has 0 saturated heterocycles. The molecule has 0 spiro atoms. The second-order valence-electron chi connectivity index (χ2n) is 18.1. The summed E-state index contributed by atoms with van der Waals surface area (Å²) in [7, 11) is 0. The van der Waals surface area contributed by atoms with Gasteiger partial charge in [-0.1, -0.05) is 72.4 Å². The van der Waals surface area contributed by atoms with E-state index < -0.39 is 0 Å². The lowest BCUT2D eigenvalue weighted by Gasteiger charge is -2.09. The van der Waals surface area contributed by atoms with E-state index in [-0.39, 0.29) is 23.1 Å². The van der Waals surface area contributed by atoms with E-state index in [2.05, 4.69) is 19.4 Å². The number of oxime groups is 2. The van der Waals surface area contributed by atoms with E-state index in [0.29, 0.717) is 56.3 Å². The molecule has 10 rings (SSSR count). The Morgan fingerprint density at radius 1 is 0.417 bits per heavy atom. The van der Waals surface area contributed by atoms with Gasteiger partial charge in [0.2, 0.25) is 11.6 Å². The smallest absolute Gasteiger partial charge is 0.202 e. The van der Waals surface area contributed by atoms with E-state index in [4.69, 9.17) is 0 Å². The maximum Gasteiger partial charge on any atom is 0.202 e. The van der Waals surface area contributed by atoms with E-state index >= 15 is 0 Å². The van der Waals surface area contributed by atoms with Gasteiger partial charge in [0.05, 0.1) is 43.2 Å². The molecule has 0 unspecified atom stereocenters. The summed E-state index contributed by atoms with van der Waals surface area (Å²) >= 11 is 2.82. The topological polar surface area (TPSA) is 143 Å². The second-order valence-corrected chi connectivity index (χ2v) is 20.0. The first-order valence-electron chi connectivity index (χ1n) is 24.1. The van der Waals surface area contributed by atoms with Crippen LogP contribution in [0.4, 0.5) is 0 Å². The van der Waals surface area contributed by atoms with Gasteiger partial charge in [0.1, 0.15) is 0 Å². The predicted molar refractivity (Wildman–Crippen MR) is 291 cm³/mol. The second kappa shape index (κ2) is 20.7. The Morgan fingerprint density at radius 3 is 1.07 bits per heavy atom. The van der Waals surface area contributed by atoms with Crippen LogP contribution in [0.2, 0.25) is 0 Å². The number of Topliss-reactive ketones (excluding diaryl/α,β-unsaturated/α-hetero) is 2. The molecule has 6 aromatic carbocycles. The van der Waals surface area contributed by atoms with Crippen molar-refractivity contribution in [3.63, 3.8) is 0 Å². The molecule has 72 heavy (non-hydrogen) atoms. The molecule has 2 N–H and O–H groups in total. The fraction of sp³-hybridized carbons (Fsp3) is 0.167. The molecule has 4 heterocycles. The van der Waals surface area contributed by atoms with Gasteiger partial charge in [-0.25, -0.2) is 0 Å². The summed E-state index contributed by atoms with van der Waals surface area (Å²) < 4.78 is 4.26. The molecule has 0 aliphatic heterocycles. The van der Waals surface area contributed by atoms with Crippen LogP contribution in [0.3, 0.4) is 0 Å². The number of rotatable bonds is 19. The van der Waals surface area contributed by atoms with Gasteiger partial charge in [0.25, 0.3) is 0 Å². The van der Waals surface area contributed by atoms with Gasteiger partial charge in [-0.2, -0.15) is 0 Å². The normalized spacial score (nSPS) is 12.1. The van der Waals surface area contributed by atoms with Crippen molar-refractivity contribution in [2.24, 2.45) is 10.3 Å². The Bertz CT molecular complexity index is 3500. The molecule has 358 valence electrons. The number of aromatic nitrogens is 2. The third-order valence-electron chi connectivity index (χ3n) is 13.6. The molecule has 4 aromatic heterocycles. The van der Waals surface area contributed by atoms with Crippen LogP contribution in [0.5, 0.6) is 0 Å². The third-order valence-corrected chi connectivity index (χ3v) is 15.4. The van der Waals surface area contributed by atoms with E-state index in [1.54, 1.807) is 13.8 Å². The average molecular weight is 987 g/mol. The molecule has 0 aliphatic carbocycles. The minimum atomic E-state index is -0.0430. The summed E-state index contributed by atoms with van der Waals surface area (Å²) in [5.41, 5.74) is 10.5. The zero-order chi connectivity index (χ0) is 49.9. The van der Waals surface area contributed by atoms with Crippen molar-refractivity contribution in [1.82, 2.24) is 9.13 Å². The van der Waals surface area contributed by atoms with Crippen molar-refractivity contribution in [3.8, 4) is 11.4 Å². The summed E-state index contributed by atoms with van der Waals surface area (Å²) in [6, 6.07) is 46.1. The minimum absolute atomic E-state index is 0.0430. The van der Waals surface area contributed by atoms with Gasteiger partial charge in [-0.05, 0) is 158 Å². The molecule has 0 radical (unpaired) electrons. The van der Waals surface area contributed by atoms with Crippen LogP contribution in [0, 0.1) is 0 Å². The first kappa shape index (κ1) is 47.6. The van der Waals surface area contributed by atoms with Gasteiger partial charge in [0, 0.05) is 68.0 Å². The van der Waals surface area contributed by atoms with E-state index in [1.165, 1.54) is 22.7 Å². The molecule has 10 aromatic rings. The SMILES string of the molecule is CC(=NO)c1ccc(-n2c3ccc(C(=O)CCCCCCCCC(=O)c4ccc5c(c4)c4cc(C(=O)c6cccs6)ccc4n5-c4ccc(C(C)=NO)cc4)cc3c3cc(C(=O)c4cccs4)ccc32)cc1. The van der Waals surface area contributed by atoms with Crippen LogP contribution >= 0.6 is 22.7 Å². The molecule has 10 nitrogen and oxygen atoms in total. The van der Waals surface area contributed by atoms with E-state index in [1.807, 2.05) is 156 Å². The number of unbranched alkanes of at least 4 members (excludes halogenated alkanes) is 5. The lowest BCUT2D eigenvalue weighted by Crippen LogP contribution is -2.00.